The van der Waals surface area contributed by atoms with Crippen molar-refractivity contribution in [2.24, 2.45) is 5.73 Å². The van der Waals surface area contributed by atoms with Crippen LogP contribution in [-0.4, -0.2) is 20.5 Å². The first-order valence-corrected chi connectivity index (χ1v) is 7.04. The van der Waals surface area contributed by atoms with Gasteiger partial charge in [0.1, 0.15) is 5.03 Å². The Kier molecular flexibility index (Phi) is 2.87. The Morgan fingerprint density at radius 3 is 2.93 bits per heavy atom. The molecule has 1 aromatic rings. The highest BCUT2D eigenvalue weighted by Crippen LogP contribution is 2.37. The largest absolute Gasteiger partial charge is 0.374 e. The standard InChI is InChI=1S/C8H11N2O3PS/c9-6-3-4-15-8-5(6)1-2-7(10-8)14(11,12)13/h1-2,6H,3-4,9H2,(H2,11,12,13). The SMILES string of the molecule is NC1CCSc2nc(P(=O)(O)O)ccc21. The third kappa shape index (κ3) is 2.24. The van der Waals surface area contributed by atoms with Crippen molar-refractivity contribution >= 4 is 24.8 Å². The fourth-order valence-electron chi connectivity index (χ4n) is 1.44. The molecule has 7 heteroatoms. The summed E-state index contributed by atoms with van der Waals surface area (Å²) in [6.07, 6.45) is 0.870. The van der Waals surface area contributed by atoms with Crippen molar-refractivity contribution in [1.82, 2.24) is 4.98 Å². The molecule has 0 fully saturated rings. The molecule has 0 aliphatic carbocycles. The Morgan fingerprint density at radius 2 is 2.27 bits per heavy atom. The summed E-state index contributed by atoms with van der Waals surface area (Å²) in [4.78, 5) is 21.9. The molecule has 1 aliphatic rings. The molecule has 1 aliphatic heterocycles. The zero-order chi connectivity index (χ0) is 11.1. The van der Waals surface area contributed by atoms with Gasteiger partial charge in [0, 0.05) is 17.4 Å². The highest BCUT2D eigenvalue weighted by Gasteiger charge is 2.24. The third-order valence-electron chi connectivity index (χ3n) is 2.24. The van der Waals surface area contributed by atoms with E-state index in [0.29, 0.717) is 5.03 Å². The average molecular weight is 246 g/mol. The van der Waals surface area contributed by atoms with Gasteiger partial charge in [-0.3, -0.25) is 4.57 Å². The van der Waals surface area contributed by atoms with Crippen molar-refractivity contribution in [2.45, 2.75) is 17.5 Å². The quantitative estimate of drug-likeness (QED) is 0.620. The van der Waals surface area contributed by atoms with Crippen LogP contribution >= 0.6 is 19.4 Å². The highest BCUT2D eigenvalue weighted by molar-refractivity contribution is 7.99. The van der Waals surface area contributed by atoms with E-state index in [-0.39, 0.29) is 11.5 Å². The first-order valence-electron chi connectivity index (χ1n) is 4.44. The van der Waals surface area contributed by atoms with Crippen molar-refractivity contribution in [3.8, 4) is 0 Å². The van der Waals surface area contributed by atoms with Gasteiger partial charge in [0.25, 0.3) is 0 Å². The molecule has 0 spiro atoms. The van der Waals surface area contributed by atoms with Gasteiger partial charge < -0.3 is 15.5 Å². The second-order valence-corrected chi connectivity index (χ2v) is 5.98. The fourth-order valence-corrected chi connectivity index (χ4v) is 3.12. The Morgan fingerprint density at radius 1 is 1.53 bits per heavy atom. The molecule has 5 nitrogen and oxygen atoms in total. The lowest BCUT2D eigenvalue weighted by atomic mass is 10.1. The van der Waals surface area contributed by atoms with Gasteiger partial charge in [0.15, 0.2) is 5.44 Å². The van der Waals surface area contributed by atoms with Crippen molar-refractivity contribution in [3.63, 3.8) is 0 Å². The van der Waals surface area contributed by atoms with Gasteiger partial charge >= 0.3 is 7.60 Å². The summed E-state index contributed by atoms with van der Waals surface area (Å²) in [6.45, 7) is 0. The van der Waals surface area contributed by atoms with E-state index in [1.54, 1.807) is 6.07 Å². The van der Waals surface area contributed by atoms with E-state index < -0.39 is 7.60 Å². The second-order valence-electron chi connectivity index (χ2n) is 3.35. The van der Waals surface area contributed by atoms with Crippen LogP contribution in [0.25, 0.3) is 0 Å². The number of pyridine rings is 1. The molecule has 15 heavy (non-hydrogen) atoms. The summed E-state index contributed by atoms with van der Waals surface area (Å²) in [5.41, 5.74) is 6.56. The van der Waals surface area contributed by atoms with Gasteiger partial charge in [-0.05, 0) is 12.5 Å². The number of hydrogen-bond acceptors (Lipinski definition) is 4. The molecule has 0 saturated carbocycles. The highest BCUT2D eigenvalue weighted by atomic mass is 32.2. The molecule has 2 heterocycles. The van der Waals surface area contributed by atoms with E-state index in [4.69, 9.17) is 15.5 Å². The van der Waals surface area contributed by atoms with Gasteiger partial charge in [0.05, 0.1) is 0 Å². The zero-order valence-corrected chi connectivity index (χ0v) is 9.54. The van der Waals surface area contributed by atoms with Crippen LogP contribution in [0.1, 0.15) is 18.0 Å². The minimum atomic E-state index is -4.25. The molecule has 0 amide bonds. The molecule has 1 aromatic heterocycles. The Hall–Kier alpha value is -0.390. The average Bonchev–Trinajstić information content (AvgIpc) is 2.16. The summed E-state index contributed by atoms with van der Waals surface area (Å²) >= 11 is 1.49. The first kappa shape index (κ1) is 11.1. The van der Waals surface area contributed by atoms with Crippen molar-refractivity contribution in [1.29, 1.82) is 0 Å². The molecule has 0 aromatic carbocycles. The number of fused-ring (bicyclic) bond motifs is 1. The number of hydrogen-bond donors (Lipinski definition) is 3. The van der Waals surface area contributed by atoms with E-state index in [9.17, 15) is 4.57 Å². The maximum atomic E-state index is 11.0. The minimum Gasteiger partial charge on any atom is -0.324 e. The van der Waals surface area contributed by atoms with Crippen LogP contribution in [-0.2, 0) is 4.57 Å². The number of thioether (sulfide) groups is 1. The number of nitrogens with zero attached hydrogens (tertiary/aromatic N) is 1. The topological polar surface area (TPSA) is 96.4 Å². The van der Waals surface area contributed by atoms with E-state index in [1.807, 2.05) is 0 Å². The third-order valence-corrected chi connectivity index (χ3v) is 4.13. The van der Waals surface area contributed by atoms with Crippen LogP contribution in [0.5, 0.6) is 0 Å². The van der Waals surface area contributed by atoms with Crippen LogP contribution in [0.15, 0.2) is 17.2 Å². The van der Waals surface area contributed by atoms with Crippen LogP contribution in [0.2, 0.25) is 0 Å². The van der Waals surface area contributed by atoms with Crippen LogP contribution < -0.4 is 11.2 Å². The van der Waals surface area contributed by atoms with Gasteiger partial charge in [-0.1, -0.05) is 6.07 Å². The maximum Gasteiger partial charge on any atom is 0.374 e. The Balaban J connectivity index is 2.46. The summed E-state index contributed by atoms with van der Waals surface area (Å²) in [6, 6.07) is 2.94. The van der Waals surface area contributed by atoms with Crippen molar-refractivity contribution in [3.05, 3.63) is 17.7 Å². The Bertz CT molecular complexity index is 434. The summed E-state index contributed by atoms with van der Waals surface area (Å²) in [5.74, 6) is 0.839. The normalized spacial score (nSPS) is 21.1. The number of nitrogens with two attached hydrogens (primary N) is 1. The van der Waals surface area contributed by atoms with Crippen LogP contribution in [0.4, 0.5) is 0 Å². The maximum absolute atomic E-state index is 11.0. The molecule has 1 atom stereocenters. The number of rotatable bonds is 1. The lowest BCUT2D eigenvalue weighted by molar-refractivity contribution is 0.386. The zero-order valence-electron chi connectivity index (χ0n) is 7.83. The molecule has 2 rings (SSSR count). The lowest BCUT2D eigenvalue weighted by Gasteiger charge is -2.21. The smallest absolute Gasteiger partial charge is 0.324 e. The number of aromatic nitrogens is 1. The van der Waals surface area contributed by atoms with Gasteiger partial charge in [0.2, 0.25) is 0 Å². The molecule has 82 valence electrons. The summed E-state index contributed by atoms with van der Waals surface area (Å²) < 4.78 is 11.0. The van der Waals surface area contributed by atoms with Crippen LogP contribution in [0.3, 0.4) is 0 Å². The molecular weight excluding hydrogens is 235 g/mol. The predicted octanol–water partition coefficient (Wildman–Crippen LogP) is 0.380. The molecule has 1 unspecified atom stereocenters. The monoisotopic (exact) mass is 246 g/mol. The van der Waals surface area contributed by atoms with E-state index in [0.717, 1.165) is 17.7 Å². The summed E-state index contributed by atoms with van der Waals surface area (Å²) in [5, 5.41) is 0.648. The van der Waals surface area contributed by atoms with Crippen LogP contribution in [0, 0.1) is 0 Å². The van der Waals surface area contributed by atoms with E-state index >= 15 is 0 Å². The first-order chi connectivity index (χ1) is 6.98. The molecule has 0 radical (unpaired) electrons. The molecule has 0 saturated heterocycles. The van der Waals surface area contributed by atoms with Gasteiger partial charge in [-0.25, -0.2) is 4.98 Å². The Labute approximate surface area is 91.3 Å². The molecule has 0 bridgehead atoms. The van der Waals surface area contributed by atoms with Gasteiger partial charge in [-0.15, -0.1) is 11.8 Å². The molecular formula is C8H11N2O3PS. The minimum absolute atomic E-state index is 0.0698. The fraction of sp³-hybridized carbons (Fsp3) is 0.375. The predicted molar refractivity (Wildman–Crippen MR) is 58.2 cm³/mol. The lowest BCUT2D eigenvalue weighted by Crippen LogP contribution is -2.20. The van der Waals surface area contributed by atoms with E-state index in [2.05, 4.69) is 4.98 Å². The molecule has 4 N–H and O–H groups in total. The van der Waals surface area contributed by atoms with E-state index in [1.165, 1.54) is 17.8 Å². The summed E-state index contributed by atoms with van der Waals surface area (Å²) in [7, 11) is -4.25. The van der Waals surface area contributed by atoms with Gasteiger partial charge in [-0.2, -0.15) is 0 Å². The second kappa shape index (κ2) is 3.88. The van der Waals surface area contributed by atoms with Crippen molar-refractivity contribution in [2.75, 3.05) is 5.75 Å². The van der Waals surface area contributed by atoms with Crippen molar-refractivity contribution < 1.29 is 14.4 Å².